The third kappa shape index (κ3) is 6.50. The minimum atomic E-state index is -3.81. The van der Waals surface area contributed by atoms with Crippen molar-refractivity contribution in [3.8, 4) is 0 Å². The number of benzene rings is 3. The van der Waals surface area contributed by atoms with E-state index in [0.717, 1.165) is 16.7 Å². The van der Waals surface area contributed by atoms with Crippen LogP contribution in [0.4, 0.5) is 0 Å². The Balaban J connectivity index is 1.58. The van der Waals surface area contributed by atoms with E-state index >= 15 is 0 Å². The Morgan fingerprint density at radius 2 is 1.52 bits per heavy atom. The van der Waals surface area contributed by atoms with Crippen LogP contribution in [0.3, 0.4) is 0 Å². The van der Waals surface area contributed by atoms with Gasteiger partial charge in [-0.1, -0.05) is 66.2 Å². The fourth-order valence-corrected chi connectivity index (χ4v) is 3.86. The Kier molecular flexibility index (Phi) is 7.17. The van der Waals surface area contributed by atoms with Crippen molar-refractivity contribution >= 4 is 21.8 Å². The minimum absolute atomic E-state index is 0.0398. The van der Waals surface area contributed by atoms with Crippen molar-refractivity contribution in [3.05, 3.63) is 101 Å². The second-order valence-corrected chi connectivity index (χ2v) is 8.77. The van der Waals surface area contributed by atoms with E-state index in [1.165, 1.54) is 24.3 Å². The summed E-state index contributed by atoms with van der Waals surface area (Å²) in [5.41, 5.74) is 7.49. The number of amides is 2. The molecule has 0 aliphatic heterocycles. The van der Waals surface area contributed by atoms with E-state index < -0.39 is 15.9 Å². The van der Waals surface area contributed by atoms with Crippen molar-refractivity contribution in [3.63, 3.8) is 0 Å². The quantitative estimate of drug-likeness (QED) is 0.494. The molecule has 0 saturated heterocycles. The summed E-state index contributed by atoms with van der Waals surface area (Å²) in [4.78, 5) is 24.4. The van der Waals surface area contributed by atoms with Gasteiger partial charge < -0.3 is 0 Å². The monoisotopic (exact) mass is 437 g/mol. The lowest BCUT2D eigenvalue weighted by Crippen LogP contribution is -2.42. The summed E-state index contributed by atoms with van der Waals surface area (Å²) >= 11 is 0. The molecule has 0 radical (unpaired) electrons. The molecule has 7 nitrogen and oxygen atoms in total. The van der Waals surface area contributed by atoms with Crippen LogP contribution in [0.25, 0.3) is 0 Å². The lowest BCUT2D eigenvalue weighted by Gasteiger charge is -2.10. The molecule has 2 amide bonds. The number of sulfonamides is 1. The summed E-state index contributed by atoms with van der Waals surface area (Å²) in [6.45, 7) is 2.09. The Bertz CT molecular complexity index is 1160. The molecule has 0 fully saturated rings. The molecule has 160 valence electrons. The zero-order valence-corrected chi connectivity index (χ0v) is 17.8. The molecular formula is C23H23N3O4S. The molecule has 3 N–H and O–H groups in total. The molecule has 0 aromatic heterocycles. The lowest BCUT2D eigenvalue weighted by atomic mass is 10.1. The molecule has 8 heteroatoms. The van der Waals surface area contributed by atoms with Gasteiger partial charge in [0.25, 0.3) is 5.91 Å². The summed E-state index contributed by atoms with van der Waals surface area (Å²) in [5, 5.41) is 0. The van der Waals surface area contributed by atoms with Crippen molar-refractivity contribution in [2.75, 3.05) is 0 Å². The number of carbonyl (C=O) groups excluding carboxylic acids is 2. The van der Waals surface area contributed by atoms with Gasteiger partial charge in [-0.3, -0.25) is 20.4 Å². The minimum Gasteiger partial charge on any atom is -0.273 e. The molecule has 0 spiro atoms. The predicted molar refractivity (Wildman–Crippen MR) is 117 cm³/mol. The van der Waals surface area contributed by atoms with E-state index in [9.17, 15) is 18.0 Å². The zero-order chi connectivity index (χ0) is 22.3. The summed E-state index contributed by atoms with van der Waals surface area (Å²) in [5.74, 6) is -0.997. The molecule has 31 heavy (non-hydrogen) atoms. The van der Waals surface area contributed by atoms with Crippen LogP contribution in [0, 0.1) is 6.92 Å². The number of hydrogen-bond donors (Lipinski definition) is 3. The first-order valence-electron chi connectivity index (χ1n) is 9.62. The van der Waals surface area contributed by atoms with E-state index in [2.05, 4.69) is 15.6 Å². The molecule has 3 rings (SSSR count). The number of aryl methyl sites for hydroxylation is 1. The summed E-state index contributed by atoms with van der Waals surface area (Å²) in [6.07, 6.45) is 0.110. The van der Waals surface area contributed by atoms with E-state index in [4.69, 9.17) is 0 Å². The number of hydrazine groups is 1. The van der Waals surface area contributed by atoms with Crippen molar-refractivity contribution in [2.45, 2.75) is 24.8 Å². The second-order valence-electron chi connectivity index (χ2n) is 7.00. The normalized spacial score (nSPS) is 11.0. The summed E-state index contributed by atoms with van der Waals surface area (Å²) in [6, 6.07) is 22.2. The summed E-state index contributed by atoms with van der Waals surface area (Å²) < 4.78 is 27.6. The standard InChI is InChI=1S/C23H23N3O4S/c1-17-10-12-18(13-11-17)14-22(27)25-26-23(28)20-8-5-9-21(15-20)31(29,30)24-16-19-6-3-2-4-7-19/h2-13,15,24H,14,16H2,1H3,(H,25,27)(H,26,28). The summed E-state index contributed by atoms with van der Waals surface area (Å²) in [7, 11) is -3.81. The van der Waals surface area contributed by atoms with Crippen LogP contribution in [-0.2, 0) is 27.8 Å². The zero-order valence-electron chi connectivity index (χ0n) is 17.0. The van der Waals surface area contributed by atoms with Crippen LogP contribution in [0.1, 0.15) is 27.0 Å². The molecule has 0 bridgehead atoms. The maximum Gasteiger partial charge on any atom is 0.269 e. The molecule has 3 aromatic rings. The highest BCUT2D eigenvalue weighted by atomic mass is 32.2. The van der Waals surface area contributed by atoms with Crippen molar-refractivity contribution in [2.24, 2.45) is 0 Å². The third-order valence-electron chi connectivity index (χ3n) is 4.52. The molecule has 0 atom stereocenters. The lowest BCUT2D eigenvalue weighted by molar-refractivity contribution is -0.121. The molecule has 3 aromatic carbocycles. The molecule has 0 aliphatic carbocycles. The van der Waals surface area contributed by atoms with Gasteiger partial charge in [-0.2, -0.15) is 0 Å². The van der Waals surface area contributed by atoms with Gasteiger partial charge in [0.2, 0.25) is 15.9 Å². The average molecular weight is 438 g/mol. The highest BCUT2D eigenvalue weighted by molar-refractivity contribution is 7.89. The first-order chi connectivity index (χ1) is 14.8. The van der Waals surface area contributed by atoms with Crippen LogP contribution in [-0.4, -0.2) is 20.2 Å². The van der Waals surface area contributed by atoms with Crippen molar-refractivity contribution in [1.29, 1.82) is 0 Å². The maximum absolute atomic E-state index is 12.6. The van der Waals surface area contributed by atoms with Crippen LogP contribution >= 0.6 is 0 Å². The van der Waals surface area contributed by atoms with Crippen molar-refractivity contribution < 1.29 is 18.0 Å². The van der Waals surface area contributed by atoms with Gasteiger partial charge in [0.15, 0.2) is 0 Å². The molecule has 0 heterocycles. The van der Waals surface area contributed by atoms with Crippen LogP contribution < -0.4 is 15.6 Å². The van der Waals surface area contributed by atoms with Gasteiger partial charge in [-0.05, 0) is 36.2 Å². The van der Waals surface area contributed by atoms with Gasteiger partial charge in [0, 0.05) is 12.1 Å². The van der Waals surface area contributed by atoms with E-state index in [-0.39, 0.29) is 29.3 Å². The van der Waals surface area contributed by atoms with Crippen LogP contribution in [0.15, 0.2) is 83.8 Å². The molecule has 0 aliphatic rings. The molecule has 0 unspecified atom stereocenters. The molecular weight excluding hydrogens is 414 g/mol. The number of rotatable bonds is 7. The van der Waals surface area contributed by atoms with Crippen LogP contribution in [0.5, 0.6) is 0 Å². The highest BCUT2D eigenvalue weighted by Crippen LogP contribution is 2.12. The van der Waals surface area contributed by atoms with Gasteiger partial charge in [0.1, 0.15) is 0 Å². The van der Waals surface area contributed by atoms with E-state index in [1.807, 2.05) is 61.5 Å². The Labute approximate surface area is 181 Å². The Morgan fingerprint density at radius 1 is 0.806 bits per heavy atom. The average Bonchev–Trinajstić information content (AvgIpc) is 2.78. The number of nitrogens with one attached hydrogen (secondary N) is 3. The Morgan fingerprint density at radius 3 is 2.23 bits per heavy atom. The number of carbonyl (C=O) groups is 2. The Hall–Kier alpha value is -3.49. The third-order valence-corrected chi connectivity index (χ3v) is 5.92. The highest BCUT2D eigenvalue weighted by Gasteiger charge is 2.16. The van der Waals surface area contributed by atoms with Gasteiger partial charge in [-0.15, -0.1) is 0 Å². The first kappa shape index (κ1) is 22.2. The fourth-order valence-electron chi connectivity index (χ4n) is 2.80. The largest absolute Gasteiger partial charge is 0.273 e. The van der Waals surface area contributed by atoms with Gasteiger partial charge >= 0.3 is 0 Å². The van der Waals surface area contributed by atoms with Gasteiger partial charge in [-0.25, -0.2) is 13.1 Å². The van der Waals surface area contributed by atoms with E-state index in [0.29, 0.717) is 0 Å². The smallest absolute Gasteiger partial charge is 0.269 e. The molecule has 0 saturated carbocycles. The topological polar surface area (TPSA) is 104 Å². The van der Waals surface area contributed by atoms with E-state index in [1.54, 1.807) is 0 Å². The van der Waals surface area contributed by atoms with Gasteiger partial charge in [0.05, 0.1) is 11.3 Å². The first-order valence-corrected chi connectivity index (χ1v) is 11.1. The predicted octanol–water partition coefficient (Wildman–Crippen LogP) is 2.48. The van der Waals surface area contributed by atoms with Crippen LogP contribution in [0.2, 0.25) is 0 Å². The second kappa shape index (κ2) is 10.0. The number of hydrogen-bond acceptors (Lipinski definition) is 4. The SMILES string of the molecule is Cc1ccc(CC(=O)NNC(=O)c2cccc(S(=O)(=O)NCc3ccccc3)c2)cc1. The fraction of sp³-hybridized carbons (Fsp3) is 0.130. The van der Waals surface area contributed by atoms with Crippen molar-refractivity contribution in [1.82, 2.24) is 15.6 Å². The maximum atomic E-state index is 12.6.